The van der Waals surface area contributed by atoms with Gasteiger partial charge in [-0.1, -0.05) is 24.3 Å². The molecule has 0 N–H and O–H groups in total. The van der Waals surface area contributed by atoms with Crippen LogP contribution in [-0.4, -0.2) is 69.1 Å². The number of aryl methyl sites for hydroxylation is 1. The predicted octanol–water partition coefficient (Wildman–Crippen LogP) is 2.94. The van der Waals surface area contributed by atoms with Crippen molar-refractivity contribution in [3.8, 4) is 17.2 Å². The van der Waals surface area contributed by atoms with Crippen LogP contribution in [0.1, 0.15) is 17.5 Å². The highest BCUT2D eigenvalue weighted by Gasteiger charge is 2.35. The maximum absolute atomic E-state index is 12.8. The first kappa shape index (κ1) is 23.4. The number of rotatable bonds is 10. The molecule has 172 valence electrons. The maximum Gasteiger partial charge on any atom is 0.227 e. The largest absolute Gasteiger partial charge is 0.493 e. The molecule has 0 saturated carbocycles. The molecule has 1 unspecified atom stereocenters. The van der Waals surface area contributed by atoms with Gasteiger partial charge >= 0.3 is 0 Å². The summed E-state index contributed by atoms with van der Waals surface area (Å²) in [5.74, 6) is 1.87. The number of hydrogen-bond acceptors (Lipinski definition) is 5. The van der Waals surface area contributed by atoms with Crippen LogP contribution in [0.3, 0.4) is 0 Å². The van der Waals surface area contributed by atoms with Gasteiger partial charge in [0.2, 0.25) is 11.8 Å². The second-order valence-electron chi connectivity index (χ2n) is 8.05. The molecule has 1 fully saturated rings. The minimum atomic E-state index is -0.309. The van der Waals surface area contributed by atoms with Gasteiger partial charge in [0.15, 0.2) is 11.5 Å². The van der Waals surface area contributed by atoms with E-state index in [-0.39, 0.29) is 24.2 Å². The number of para-hydroxylation sites is 1. The van der Waals surface area contributed by atoms with Crippen molar-refractivity contribution in [2.24, 2.45) is 5.92 Å². The Labute approximate surface area is 189 Å². The Bertz CT molecular complexity index is 946. The number of benzene rings is 2. The van der Waals surface area contributed by atoms with Gasteiger partial charge < -0.3 is 24.0 Å². The first-order valence-electron chi connectivity index (χ1n) is 10.8. The fourth-order valence-electron chi connectivity index (χ4n) is 3.89. The third-order valence-electron chi connectivity index (χ3n) is 5.84. The van der Waals surface area contributed by atoms with Crippen molar-refractivity contribution in [2.45, 2.75) is 19.8 Å². The summed E-state index contributed by atoms with van der Waals surface area (Å²) in [7, 11) is 4.97. The average Bonchev–Trinajstić information content (AvgIpc) is 3.18. The van der Waals surface area contributed by atoms with Gasteiger partial charge in [0.05, 0.1) is 26.7 Å². The number of methoxy groups -OCH3 is 2. The number of carbonyl (C=O) groups is 2. The number of carbonyl (C=O) groups excluding carboxylic acids is 2. The van der Waals surface area contributed by atoms with Gasteiger partial charge in [-0.2, -0.15) is 0 Å². The molecule has 2 aromatic carbocycles. The summed E-state index contributed by atoms with van der Waals surface area (Å²) in [4.78, 5) is 28.7. The molecule has 7 heteroatoms. The molecule has 32 heavy (non-hydrogen) atoms. The highest BCUT2D eigenvalue weighted by atomic mass is 16.5. The van der Waals surface area contributed by atoms with Crippen molar-refractivity contribution in [3.63, 3.8) is 0 Å². The lowest BCUT2D eigenvalue weighted by Gasteiger charge is -2.22. The van der Waals surface area contributed by atoms with Gasteiger partial charge in [0.1, 0.15) is 12.4 Å². The van der Waals surface area contributed by atoms with Crippen LogP contribution in [0, 0.1) is 12.8 Å². The second-order valence-corrected chi connectivity index (χ2v) is 8.05. The van der Waals surface area contributed by atoms with E-state index >= 15 is 0 Å². The summed E-state index contributed by atoms with van der Waals surface area (Å²) in [6.45, 7) is 3.90. The van der Waals surface area contributed by atoms with Gasteiger partial charge in [-0.15, -0.1) is 0 Å². The van der Waals surface area contributed by atoms with Gasteiger partial charge in [0, 0.05) is 26.6 Å². The molecule has 3 rings (SSSR count). The summed E-state index contributed by atoms with van der Waals surface area (Å²) in [6.07, 6.45) is 0.945. The molecule has 1 aliphatic rings. The first-order valence-corrected chi connectivity index (χ1v) is 10.8. The predicted molar refractivity (Wildman–Crippen MR) is 122 cm³/mol. The summed E-state index contributed by atoms with van der Waals surface area (Å²) >= 11 is 0. The molecule has 1 aliphatic heterocycles. The first-order chi connectivity index (χ1) is 15.4. The van der Waals surface area contributed by atoms with Crippen LogP contribution in [0.25, 0.3) is 0 Å². The van der Waals surface area contributed by atoms with Crippen LogP contribution in [0.4, 0.5) is 0 Å². The Balaban J connectivity index is 1.47. The number of likely N-dealkylation sites (tertiary alicyclic amines) is 1. The van der Waals surface area contributed by atoms with E-state index in [2.05, 4.69) is 0 Å². The molecule has 1 heterocycles. The van der Waals surface area contributed by atoms with E-state index in [0.29, 0.717) is 44.2 Å². The zero-order chi connectivity index (χ0) is 23.1. The van der Waals surface area contributed by atoms with E-state index in [4.69, 9.17) is 14.2 Å². The second kappa shape index (κ2) is 10.9. The van der Waals surface area contributed by atoms with Gasteiger partial charge in [-0.05, 0) is 42.7 Å². The Morgan fingerprint density at radius 3 is 2.56 bits per heavy atom. The highest BCUT2D eigenvalue weighted by molar-refractivity contribution is 5.89. The van der Waals surface area contributed by atoms with Gasteiger partial charge in [-0.25, -0.2) is 0 Å². The molecule has 0 radical (unpaired) electrons. The minimum Gasteiger partial charge on any atom is -0.493 e. The molecular weight excluding hydrogens is 408 g/mol. The van der Waals surface area contributed by atoms with Crippen LogP contribution in [0.2, 0.25) is 0 Å². The monoisotopic (exact) mass is 440 g/mol. The zero-order valence-electron chi connectivity index (χ0n) is 19.3. The molecule has 0 aromatic heterocycles. The smallest absolute Gasteiger partial charge is 0.227 e. The number of ether oxygens (including phenoxy) is 3. The topological polar surface area (TPSA) is 68.3 Å². The Hall–Kier alpha value is -3.22. The van der Waals surface area contributed by atoms with E-state index in [1.807, 2.05) is 49.4 Å². The molecule has 1 atom stereocenters. The molecule has 0 bridgehead atoms. The zero-order valence-corrected chi connectivity index (χ0v) is 19.3. The Morgan fingerprint density at radius 1 is 1.09 bits per heavy atom. The molecule has 0 aliphatic carbocycles. The molecule has 1 saturated heterocycles. The lowest BCUT2D eigenvalue weighted by molar-refractivity contribution is -0.134. The SMILES string of the molecule is COc1ccc(CCN2CC(C(=O)N(C)CCOc3ccccc3C)CC2=O)cc1OC. The molecule has 2 aromatic rings. The van der Waals surface area contributed by atoms with Crippen LogP contribution in [0.15, 0.2) is 42.5 Å². The van der Waals surface area contributed by atoms with E-state index < -0.39 is 0 Å². The highest BCUT2D eigenvalue weighted by Crippen LogP contribution is 2.28. The maximum atomic E-state index is 12.8. The van der Waals surface area contributed by atoms with E-state index in [9.17, 15) is 9.59 Å². The molecule has 0 spiro atoms. The number of amides is 2. The van der Waals surface area contributed by atoms with Crippen molar-refractivity contribution in [1.29, 1.82) is 0 Å². The van der Waals surface area contributed by atoms with Crippen LogP contribution >= 0.6 is 0 Å². The Morgan fingerprint density at radius 2 is 1.84 bits per heavy atom. The third-order valence-corrected chi connectivity index (χ3v) is 5.84. The summed E-state index contributed by atoms with van der Waals surface area (Å²) < 4.78 is 16.4. The standard InChI is InChI=1S/C25H32N2O5/c1-18-7-5-6-8-21(18)32-14-13-26(2)25(29)20-16-24(28)27(17-20)12-11-19-9-10-22(30-3)23(15-19)31-4/h5-10,15,20H,11-14,16-17H2,1-4H3. The van der Waals surface area contributed by atoms with Crippen LogP contribution in [0.5, 0.6) is 17.2 Å². The van der Waals surface area contributed by atoms with Crippen molar-refractivity contribution in [2.75, 3.05) is 47.5 Å². The van der Waals surface area contributed by atoms with Crippen molar-refractivity contribution in [1.82, 2.24) is 9.80 Å². The van der Waals surface area contributed by atoms with Crippen LogP contribution < -0.4 is 14.2 Å². The fourth-order valence-corrected chi connectivity index (χ4v) is 3.89. The number of likely N-dealkylation sites (N-methyl/N-ethyl adjacent to an activating group) is 1. The lowest BCUT2D eigenvalue weighted by Crippen LogP contribution is -2.37. The number of hydrogen-bond donors (Lipinski definition) is 0. The normalized spacial score (nSPS) is 15.6. The summed E-state index contributed by atoms with van der Waals surface area (Å²) in [5.41, 5.74) is 2.11. The average molecular weight is 441 g/mol. The van der Waals surface area contributed by atoms with E-state index in [1.165, 1.54) is 0 Å². The van der Waals surface area contributed by atoms with Crippen LogP contribution in [-0.2, 0) is 16.0 Å². The van der Waals surface area contributed by atoms with Crippen molar-refractivity contribution >= 4 is 11.8 Å². The molecule has 7 nitrogen and oxygen atoms in total. The van der Waals surface area contributed by atoms with E-state index in [1.54, 1.807) is 31.1 Å². The quantitative estimate of drug-likeness (QED) is 0.568. The third kappa shape index (κ3) is 5.72. The summed E-state index contributed by atoms with van der Waals surface area (Å²) in [6, 6.07) is 13.6. The van der Waals surface area contributed by atoms with E-state index in [0.717, 1.165) is 16.9 Å². The van der Waals surface area contributed by atoms with Gasteiger partial charge in [-0.3, -0.25) is 9.59 Å². The fraction of sp³-hybridized carbons (Fsp3) is 0.440. The van der Waals surface area contributed by atoms with Gasteiger partial charge in [0.25, 0.3) is 0 Å². The van der Waals surface area contributed by atoms with Crippen molar-refractivity contribution < 1.29 is 23.8 Å². The molecular formula is C25H32N2O5. The number of nitrogens with zero attached hydrogens (tertiary/aromatic N) is 2. The molecule has 2 amide bonds. The lowest BCUT2D eigenvalue weighted by atomic mass is 10.1. The van der Waals surface area contributed by atoms with Crippen molar-refractivity contribution in [3.05, 3.63) is 53.6 Å². The minimum absolute atomic E-state index is 0.0136. The summed E-state index contributed by atoms with van der Waals surface area (Å²) in [5, 5.41) is 0. The Kier molecular flexibility index (Phi) is 7.98.